The summed E-state index contributed by atoms with van der Waals surface area (Å²) in [7, 11) is 0. The van der Waals surface area contributed by atoms with Crippen LogP contribution in [0.25, 0.3) is 0 Å². The largest absolute Gasteiger partial charge is 0.344 e. The van der Waals surface area contributed by atoms with Crippen molar-refractivity contribution in [1.29, 1.82) is 0 Å². The maximum Gasteiger partial charge on any atom is 0.271 e. The van der Waals surface area contributed by atoms with Crippen LogP contribution in [0.15, 0.2) is 11.1 Å². The third-order valence-electron chi connectivity index (χ3n) is 2.54. The predicted molar refractivity (Wildman–Crippen MR) is 63.6 cm³/mol. The first-order valence-electron chi connectivity index (χ1n) is 5.14. The van der Waals surface area contributed by atoms with Crippen molar-refractivity contribution >= 4 is 17.4 Å². The molecule has 5 heteroatoms. The molecular formula is C11H12ClN3O. The fourth-order valence-corrected chi connectivity index (χ4v) is 1.77. The zero-order valence-corrected chi connectivity index (χ0v) is 9.50. The number of hydrogen-bond donors (Lipinski definition) is 1. The van der Waals surface area contributed by atoms with Crippen LogP contribution in [0.5, 0.6) is 0 Å². The summed E-state index contributed by atoms with van der Waals surface area (Å²) in [5, 5.41) is 0.110. The summed E-state index contributed by atoms with van der Waals surface area (Å²) in [6.45, 7) is 1.24. The topological polar surface area (TPSA) is 49.0 Å². The van der Waals surface area contributed by atoms with E-state index in [2.05, 4.69) is 15.9 Å². The molecule has 0 bridgehead atoms. The molecule has 4 nitrogen and oxygen atoms in total. The molecule has 0 unspecified atom stereocenters. The van der Waals surface area contributed by atoms with Gasteiger partial charge in [-0.1, -0.05) is 17.5 Å². The molecule has 1 saturated carbocycles. The lowest BCUT2D eigenvalue weighted by atomic mass is 10.3. The van der Waals surface area contributed by atoms with Crippen LogP contribution in [0.4, 0.5) is 5.82 Å². The van der Waals surface area contributed by atoms with Gasteiger partial charge in [-0.15, -0.1) is 6.42 Å². The molecule has 84 valence electrons. The summed E-state index contributed by atoms with van der Waals surface area (Å²) in [5.41, 5.74) is -0.329. The first-order chi connectivity index (χ1) is 7.72. The highest BCUT2D eigenvalue weighted by atomic mass is 35.5. The molecule has 2 rings (SSSR count). The van der Waals surface area contributed by atoms with Crippen molar-refractivity contribution in [1.82, 2.24) is 9.97 Å². The lowest BCUT2D eigenvalue weighted by Crippen LogP contribution is -2.29. The van der Waals surface area contributed by atoms with Gasteiger partial charge in [-0.05, 0) is 18.8 Å². The Hall–Kier alpha value is -1.47. The minimum atomic E-state index is -0.329. The number of terminal acetylenes is 1. The lowest BCUT2D eigenvalue weighted by Gasteiger charge is -2.21. The summed E-state index contributed by atoms with van der Waals surface area (Å²) in [6.07, 6.45) is 9.07. The second-order valence-corrected chi connectivity index (χ2v) is 4.28. The van der Waals surface area contributed by atoms with E-state index in [1.807, 2.05) is 4.90 Å². The molecule has 1 N–H and O–H groups in total. The highest BCUT2D eigenvalue weighted by molar-refractivity contribution is 6.32. The third kappa shape index (κ3) is 2.37. The van der Waals surface area contributed by atoms with Gasteiger partial charge in [-0.25, -0.2) is 4.98 Å². The summed E-state index contributed by atoms with van der Waals surface area (Å²) in [5.74, 6) is 3.70. The molecule has 0 radical (unpaired) electrons. The van der Waals surface area contributed by atoms with E-state index in [0.29, 0.717) is 18.3 Å². The molecular weight excluding hydrogens is 226 g/mol. The van der Waals surface area contributed by atoms with E-state index in [4.69, 9.17) is 18.0 Å². The van der Waals surface area contributed by atoms with Gasteiger partial charge in [0.25, 0.3) is 5.56 Å². The van der Waals surface area contributed by atoms with Crippen molar-refractivity contribution in [2.45, 2.75) is 12.8 Å². The Balaban J connectivity index is 2.26. The molecule has 0 amide bonds. The van der Waals surface area contributed by atoms with Gasteiger partial charge >= 0.3 is 0 Å². The number of aromatic amines is 1. The quantitative estimate of drug-likeness (QED) is 0.803. The zero-order chi connectivity index (χ0) is 11.5. The van der Waals surface area contributed by atoms with Gasteiger partial charge in [0.2, 0.25) is 0 Å². The molecule has 1 heterocycles. The molecule has 1 aromatic heterocycles. The third-order valence-corrected chi connectivity index (χ3v) is 2.88. The van der Waals surface area contributed by atoms with Gasteiger partial charge in [0.05, 0.1) is 12.9 Å². The average molecular weight is 238 g/mol. The van der Waals surface area contributed by atoms with E-state index in [0.717, 1.165) is 6.54 Å². The van der Waals surface area contributed by atoms with Crippen molar-refractivity contribution < 1.29 is 0 Å². The highest BCUT2D eigenvalue weighted by Gasteiger charge is 2.26. The Kier molecular flexibility index (Phi) is 3.16. The van der Waals surface area contributed by atoms with Crippen LogP contribution in [0, 0.1) is 18.3 Å². The first-order valence-corrected chi connectivity index (χ1v) is 5.51. The Bertz CT molecular complexity index is 473. The van der Waals surface area contributed by atoms with Crippen molar-refractivity contribution in [3.05, 3.63) is 21.7 Å². The summed E-state index contributed by atoms with van der Waals surface area (Å²) in [6, 6.07) is 0. The number of hydrogen-bond acceptors (Lipinski definition) is 3. The monoisotopic (exact) mass is 237 g/mol. The second kappa shape index (κ2) is 4.58. The van der Waals surface area contributed by atoms with Crippen LogP contribution in [0.3, 0.4) is 0 Å². The highest BCUT2D eigenvalue weighted by Crippen LogP contribution is 2.31. The van der Waals surface area contributed by atoms with E-state index in [-0.39, 0.29) is 10.6 Å². The average Bonchev–Trinajstić information content (AvgIpc) is 3.06. The number of aromatic nitrogens is 2. The van der Waals surface area contributed by atoms with E-state index in [9.17, 15) is 4.79 Å². The minimum absolute atomic E-state index is 0.110. The molecule has 1 aliphatic rings. The van der Waals surface area contributed by atoms with E-state index < -0.39 is 0 Å². The standard InChI is InChI=1S/C11H12ClN3O/c1-2-5-15(6-8-3-4-8)10-9(12)11(16)14-7-13-10/h1,7-8H,3-6H2,(H,13,14,16). The van der Waals surface area contributed by atoms with Gasteiger partial charge in [-0.2, -0.15) is 0 Å². The minimum Gasteiger partial charge on any atom is -0.344 e. The molecule has 0 aromatic carbocycles. The SMILES string of the molecule is C#CCN(CC1CC1)c1nc[nH]c(=O)c1Cl. The first kappa shape index (κ1) is 11.0. The maximum absolute atomic E-state index is 11.3. The van der Waals surface area contributed by atoms with Crippen molar-refractivity contribution in [2.24, 2.45) is 5.92 Å². The van der Waals surface area contributed by atoms with E-state index in [1.54, 1.807) is 0 Å². The van der Waals surface area contributed by atoms with Crippen LogP contribution in [0.1, 0.15) is 12.8 Å². The Morgan fingerprint density at radius 3 is 3.06 bits per heavy atom. The summed E-state index contributed by atoms with van der Waals surface area (Å²) < 4.78 is 0. The molecule has 1 aromatic rings. The molecule has 1 aliphatic carbocycles. The Morgan fingerprint density at radius 1 is 1.69 bits per heavy atom. The molecule has 0 spiro atoms. The molecule has 0 atom stereocenters. The van der Waals surface area contributed by atoms with Gasteiger partial charge < -0.3 is 9.88 Å². The predicted octanol–water partition coefficient (Wildman–Crippen LogP) is 1.27. The zero-order valence-electron chi connectivity index (χ0n) is 8.74. The molecule has 0 aliphatic heterocycles. The van der Waals surface area contributed by atoms with E-state index in [1.165, 1.54) is 19.2 Å². The van der Waals surface area contributed by atoms with Gasteiger partial charge in [0, 0.05) is 6.54 Å². The van der Waals surface area contributed by atoms with Crippen LogP contribution in [-0.2, 0) is 0 Å². The fraction of sp³-hybridized carbons (Fsp3) is 0.455. The summed E-state index contributed by atoms with van der Waals surface area (Å²) >= 11 is 5.91. The lowest BCUT2D eigenvalue weighted by molar-refractivity contribution is 0.752. The summed E-state index contributed by atoms with van der Waals surface area (Å²) in [4.78, 5) is 19.7. The number of rotatable bonds is 4. The Morgan fingerprint density at radius 2 is 2.44 bits per heavy atom. The maximum atomic E-state index is 11.3. The van der Waals surface area contributed by atoms with Crippen LogP contribution in [0.2, 0.25) is 5.02 Å². The molecule has 0 saturated heterocycles. The van der Waals surface area contributed by atoms with Crippen LogP contribution < -0.4 is 10.5 Å². The van der Waals surface area contributed by atoms with Crippen molar-refractivity contribution in [3.8, 4) is 12.3 Å². The normalized spacial score (nSPS) is 14.5. The number of anilines is 1. The number of halogens is 1. The molecule has 1 fully saturated rings. The fourth-order valence-electron chi connectivity index (χ4n) is 1.54. The van der Waals surface area contributed by atoms with Crippen molar-refractivity contribution in [3.63, 3.8) is 0 Å². The van der Waals surface area contributed by atoms with Gasteiger partial charge in [-0.3, -0.25) is 4.79 Å². The molecule has 16 heavy (non-hydrogen) atoms. The van der Waals surface area contributed by atoms with Crippen LogP contribution >= 0.6 is 11.6 Å². The number of nitrogens with one attached hydrogen (secondary N) is 1. The van der Waals surface area contributed by atoms with Crippen LogP contribution in [-0.4, -0.2) is 23.1 Å². The smallest absolute Gasteiger partial charge is 0.271 e. The van der Waals surface area contributed by atoms with E-state index >= 15 is 0 Å². The van der Waals surface area contributed by atoms with Crippen molar-refractivity contribution in [2.75, 3.05) is 18.0 Å². The number of nitrogens with zero attached hydrogens (tertiary/aromatic N) is 2. The number of H-pyrrole nitrogens is 1. The van der Waals surface area contributed by atoms with Gasteiger partial charge in [0.15, 0.2) is 5.82 Å². The van der Waals surface area contributed by atoms with Gasteiger partial charge in [0.1, 0.15) is 5.02 Å². The second-order valence-electron chi connectivity index (χ2n) is 3.90. The Labute approximate surface area is 98.6 Å².